The largest absolute Gasteiger partial charge is 0.353 e. The van der Waals surface area contributed by atoms with Gasteiger partial charge in [0.25, 0.3) is 0 Å². The number of nitrogens with two attached hydrogens (primary N) is 2. The molecule has 0 saturated carbocycles. The van der Waals surface area contributed by atoms with Crippen LogP contribution in [0.5, 0.6) is 0 Å². The molecule has 0 saturated heterocycles. The van der Waals surface area contributed by atoms with E-state index in [-0.39, 0.29) is 51.2 Å². The van der Waals surface area contributed by atoms with Crippen LogP contribution in [0.1, 0.15) is 0 Å². The minimum Gasteiger partial charge on any atom is -0.353 e. The van der Waals surface area contributed by atoms with Gasteiger partial charge in [-0.15, -0.1) is 0 Å². The van der Waals surface area contributed by atoms with E-state index in [1.54, 1.807) is 0 Å². The van der Waals surface area contributed by atoms with E-state index in [2.05, 4.69) is 25.4 Å². The van der Waals surface area contributed by atoms with Crippen LogP contribution in [0, 0.1) is 0 Å². The summed E-state index contributed by atoms with van der Waals surface area (Å²) in [5.41, 5.74) is 10.1. The van der Waals surface area contributed by atoms with Crippen LogP contribution < -0.4 is 22.1 Å². The lowest BCUT2D eigenvalue weighted by Crippen LogP contribution is -2.33. The molecule has 0 aliphatic heterocycles. The third-order valence-corrected chi connectivity index (χ3v) is 1.48. The SMILES string of the molecule is NCC(=O)NCCOOOCCNC(=O)CN. The molecule has 6 N–H and O–H groups in total. The number of carbonyl (C=O) groups is 2. The lowest BCUT2D eigenvalue weighted by molar-refractivity contribution is -0.510. The fourth-order valence-corrected chi connectivity index (χ4v) is 0.711. The lowest BCUT2D eigenvalue weighted by Gasteiger charge is -2.05. The summed E-state index contributed by atoms with van der Waals surface area (Å²) in [5.74, 6) is -0.557. The standard InChI is InChI=1S/C8H18N4O5/c9-5-7(13)11-1-3-15-17-16-4-2-12-8(14)6-10/h1-6,9-10H2,(H,11,13)(H,12,14). The van der Waals surface area contributed by atoms with E-state index in [4.69, 9.17) is 11.5 Å². The minimum atomic E-state index is -0.279. The summed E-state index contributed by atoms with van der Waals surface area (Å²) in [4.78, 5) is 30.4. The topological polar surface area (TPSA) is 138 Å². The first kappa shape index (κ1) is 15.7. The number of hydrogen-bond donors (Lipinski definition) is 4. The van der Waals surface area contributed by atoms with Gasteiger partial charge in [-0.1, -0.05) is 5.04 Å². The smallest absolute Gasteiger partial charge is 0.233 e. The van der Waals surface area contributed by atoms with Gasteiger partial charge in [0.1, 0.15) is 13.2 Å². The molecule has 0 aromatic carbocycles. The number of amides is 2. The van der Waals surface area contributed by atoms with Crippen molar-refractivity contribution in [2.75, 3.05) is 39.4 Å². The van der Waals surface area contributed by atoms with Crippen LogP contribution in [-0.2, 0) is 24.4 Å². The van der Waals surface area contributed by atoms with Crippen LogP contribution in [-0.4, -0.2) is 51.2 Å². The average Bonchev–Trinajstić information content (AvgIpc) is 2.35. The van der Waals surface area contributed by atoms with Gasteiger partial charge >= 0.3 is 0 Å². The predicted octanol–water partition coefficient (Wildman–Crippen LogP) is -2.98. The quantitative estimate of drug-likeness (QED) is 0.184. The third kappa shape index (κ3) is 11.0. The summed E-state index contributed by atoms with van der Waals surface area (Å²) < 4.78 is 0. The van der Waals surface area contributed by atoms with Gasteiger partial charge in [-0.3, -0.25) is 9.59 Å². The second kappa shape index (κ2) is 11.2. The normalized spacial score (nSPS) is 10.0. The van der Waals surface area contributed by atoms with Crippen molar-refractivity contribution in [3.05, 3.63) is 0 Å². The number of carbonyl (C=O) groups excluding carboxylic acids is 2. The molecule has 0 aliphatic rings. The molecular formula is C8H18N4O5. The molecule has 0 atom stereocenters. The van der Waals surface area contributed by atoms with E-state index in [0.717, 1.165) is 0 Å². The molecule has 9 heteroatoms. The zero-order valence-corrected chi connectivity index (χ0v) is 9.44. The predicted molar refractivity (Wildman–Crippen MR) is 57.1 cm³/mol. The molecule has 0 fully saturated rings. The van der Waals surface area contributed by atoms with Gasteiger partial charge in [0, 0.05) is 13.1 Å². The molecule has 0 aliphatic carbocycles. The van der Waals surface area contributed by atoms with Crippen LogP contribution in [0.25, 0.3) is 0 Å². The van der Waals surface area contributed by atoms with Crippen LogP contribution in [0.15, 0.2) is 0 Å². The van der Waals surface area contributed by atoms with Gasteiger partial charge in [0.15, 0.2) is 0 Å². The summed E-state index contributed by atoms with van der Waals surface area (Å²) in [6.45, 7) is 0.644. The highest BCUT2D eigenvalue weighted by molar-refractivity contribution is 5.77. The molecule has 0 heterocycles. The molecule has 17 heavy (non-hydrogen) atoms. The zero-order valence-electron chi connectivity index (χ0n) is 9.44. The lowest BCUT2D eigenvalue weighted by atomic mass is 10.6. The number of nitrogens with one attached hydrogen (secondary N) is 2. The maximum absolute atomic E-state index is 10.7. The Labute approximate surface area is 98.6 Å². The van der Waals surface area contributed by atoms with Crippen molar-refractivity contribution in [2.45, 2.75) is 0 Å². The Balaban J connectivity index is 3.08. The van der Waals surface area contributed by atoms with E-state index in [1.807, 2.05) is 0 Å². The van der Waals surface area contributed by atoms with Crippen molar-refractivity contribution in [3.63, 3.8) is 0 Å². The molecule has 0 aromatic heterocycles. The highest BCUT2D eigenvalue weighted by Crippen LogP contribution is 1.80. The van der Waals surface area contributed by atoms with Gasteiger partial charge in [0.05, 0.1) is 13.1 Å². The first-order valence-corrected chi connectivity index (χ1v) is 5.05. The Morgan fingerprint density at radius 3 is 1.65 bits per heavy atom. The highest BCUT2D eigenvalue weighted by Gasteiger charge is 1.97. The van der Waals surface area contributed by atoms with Crippen molar-refractivity contribution in [1.82, 2.24) is 10.6 Å². The molecule has 2 amide bonds. The van der Waals surface area contributed by atoms with Gasteiger partial charge < -0.3 is 22.1 Å². The number of hydrogen-bond acceptors (Lipinski definition) is 7. The molecule has 0 rings (SSSR count). The van der Waals surface area contributed by atoms with Crippen molar-refractivity contribution in [2.24, 2.45) is 11.5 Å². The van der Waals surface area contributed by atoms with Crippen LogP contribution in [0.4, 0.5) is 0 Å². The van der Waals surface area contributed by atoms with Crippen molar-refractivity contribution < 1.29 is 24.4 Å². The van der Waals surface area contributed by atoms with Crippen LogP contribution in [0.3, 0.4) is 0 Å². The number of rotatable bonds is 10. The average molecular weight is 250 g/mol. The zero-order chi connectivity index (χ0) is 12.9. The van der Waals surface area contributed by atoms with E-state index in [1.165, 1.54) is 0 Å². The van der Waals surface area contributed by atoms with Crippen LogP contribution in [0.2, 0.25) is 0 Å². The molecule has 0 unspecified atom stereocenters. The molecule has 0 aromatic rings. The molecule has 0 radical (unpaired) electrons. The van der Waals surface area contributed by atoms with E-state index in [9.17, 15) is 9.59 Å². The molecule has 0 bridgehead atoms. The second-order valence-corrected chi connectivity index (χ2v) is 2.82. The van der Waals surface area contributed by atoms with Crippen molar-refractivity contribution >= 4 is 11.8 Å². The summed E-state index contributed by atoms with van der Waals surface area (Å²) in [7, 11) is 0. The first-order valence-electron chi connectivity index (χ1n) is 5.05. The maximum Gasteiger partial charge on any atom is 0.233 e. The van der Waals surface area contributed by atoms with Crippen molar-refractivity contribution in [3.8, 4) is 0 Å². The molecule has 100 valence electrons. The minimum absolute atomic E-state index is 0.0712. The Morgan fingerprint density at radius 2 is 1.29 bits per heavy atom. The van der Waals surface area contributed by atoms with Crippen LogP contribution >= 0.6 is 0 Å². The Morgan fingerprint density at radius 1 is 0.882 bits per heavy atom. The second-order valence-electron chi connectivity index (χ2n) is 2.82. The Bertz CT molecular complexity index is 204. The Kier molecular flexibility index (Phi) is 10.4. The molecule has 9 nitrogen and oxygen atoms in total. The first-order chi connectivity index (χ1) is 8.20. The van der Waals surface area contributed by atoms with E-state index >= 15 is 0 Å². The highest BCUT2D eigenvalue weighted by atomic mass is 17.5. The van der Waals surface area contributed by atoms with Gasteiger partial charge in [-0.25, -0.2) is 9.78 Å². The summed E-state index contributed by atoms with van der Waals surface area (Å²) in [6.07, 6.45) is 0. The maximum atomic E-state index is 10.7. The summed E-state index contributed by atoms with van der Waals surface area (Å²) >= 11 is 0. The van der Waals surface area contributed by atoms with E-state index < -0.39 is 0 Å². The van der Waals surface area contributed by atoms with Crippen molar-refractivity contribution in [1.29, 1.82) is 0 Å². The fourth-order valence-electron chi connectivity index (χ4n) is 0.711. The molecule has 0 spiro atoms. The third-order valence-electron chi connectivity index (χ3n) is 1.48. The molecular weight excluding hydrogens is 232 g/mol. The van der Waals surface area contributed by atoms with Gasteiger partial charge in [0.2, 0.25) is 11.8 Å². The summed E-state index contributed by atoms with van der Waals surface area (Å²) in [5, 5.41) is 9.22. The fraction of sp³-hybridized carbons (Fsp3) is 0.750. The summed E-state index contributed by atoms with van der Waals surface area (Å²) in [6, 6.07) is 0. The van der Waals surface area contributed by atoms with Gasteiger partial charge in [-0.05, 0) is 0 Å². The van der Waals surface area contributed by atoms with Gasteiger partial charge in [-0.2, -0.15) is 0 Å². The van der Waals surface area contributed by atoms with E-state index in [0.29, 0.717) is 0 Å². The Hall–Kier alpha value is -1.26. The monoisotopic (exact) mass is 250 g/mol.